The molecule has 1 N–H and O–H groups in total. The summed E-state index contributed by atoms with van der Waals surface area (Å²) in [6, 6.07) is 2.68. The molecular weight excluding hydrogens is 216 g/mol. The number of hydrogen-bond donors (Lipinski definition) is 1. The molecule has 0 amide bonds. The first-order valence-electron chi connectivity index (χ1n) is 5.88. The second kappa shape index (κ2) is 3.96. The normalized spacial score (nSPS) is 15.4. The molecule has 0 atom stereocenters. The molecule has 0 aromatic carbocycles. The van der Waals surface area contributed by atoms with Crippen LogP contribution < -0.4 is 5.32 Å². The summed E-state index contributed by atoms with van der Waals surface area (Å²) in [4.78, 5) is 0. The fourth-order valence-electron chi connectivity index (χ4n) is 1.68. The molecule has 6 nitrogen and oxygen atoms in total. The summed E-state index contributed by atoms with van der Waals surface area (Å²) in [6.45, 7) is 2.81. The van der Waals surface area contributed by atoms with Gasteiger partial charge in [0.05, 0.1) is 11.9 Å². The molecule has 90 valence electrons. The minimum absolute atomic E-state index is 0.692. The number of nitrogens with one attached hydrogen (secondary N) is 1. The second-order valence-electron chi connectivity index (χ2n) is 4.58. The monoisotopic (exact) mass is 232 g/mol. The van der Waals surface area contributed by atoms with Gasteiger partial charge in [-0.1, -0.05) is 5.21 Å². The van der Waals surface area contributed by atoms with E-state index in [1.165, 1.54) is 12.8 Å². The largest absolute Gasteiger partial charge is 0.308 e. The van der Waals surface area contributed by atoms with E-state index in [1.54, 1.807) is 4.68 Å². The summed E-state index contributed by atoms with van der Waals surface area (Å²) in [6.07, 6.45) is 4.50. The van der Waals surface area contributed by atoms with Crippen LogP contribution >= 0.6 is 0 Å². The highest BCUT2D eigenvalue weighted by molar-refractivity contribution is 5.23. The van der Waals surface area contributed by atoms with Crippen LogP contribution in [0.15, 0.2) is 12.3 Å². The van der Waals surface area contributed by atoms with Crippen molar-refractivity contribution in [2.24, 2.45) is 7.05 Å². The SMILES string of the molecule is Cc1cc(-n2cc(CNC3CC3)nn2)nn1C. The van der Waals surface area contributed by atoms with Crippen molar-refractivity contribution in [3.8, 4) is 5.82 Å². The Kier molecular flexibility index (Phi) is 2.44. The Morgan fingerprint density at radius 3 is 2.94 bits per heavy atom. The fraction of sp³-hybridized carbons (Fsp3) is 0.545. The van der Waals surface area contributed by atoms with Crippen molar-refractivity contribution < 1.29 is 0 Å². The standard InChI is InChI=1S/C11H16N6/c1-8-5-11(14-16(8)2)17-7-10(13-15-17)6-12-9-3-4-9/h5,7,9,12H,3-4,6H2,1-2H3. The van der Waals surface area contributed by atoms with E-state index in [1.807, 2.05) is 30.9 Å². The van der Waals surface area contributed by atoms with Crippen LogP contribution in [-0.2, 0) is 13.6 Å². The van der Waals surface area contributed by atoms with Crippen molar-refractivity contribution in [2.45, 2.75) is 32.4 Å². The lowest BCUT2D eigenvalue weighted by Gasteiger charge is -1.96. The molecule has 2 heterocycles. The predicted octanol–water partition coefficient (Wildman–Crippen LogP) is 0.561. The maximum absolute atomic E-state index is 4.36. The van der Waals surface area contributed by atoms with Crippen molar-refractivity contribution in [1.82, 2.24) is 30.1 Å². The van der Waals surface area contributed by atoms with E-state index < -0.39 is 0 Å². The number of hydrogen-bond acceptors (Lipinski definition) is 4. The van der Waals surface area contributed by atoms with Crippen molar-refractivity contribution in [3.63, 3.8) is 0 Å². The molecule has 0 spiro atoms. The molecule has 17 heavy (non-hydrogen) atoms. The number of aryl methyl sites for hydroxylation is 2. The highest BCUT2D eigenvalue weighted by atomic mass is 15.5. The van der Waals surface area contributed by atoms with E-state index in [2.05, 4.69) is 20.7 Å². The lowest BCUT2D eigenvalue weighted by atomic mass is 10.4. The van der Waals surface area contributed by atoms with E-state index in [0.717, 1.165) is 23.8 Å². The number of aromatic nitrogens is 5. The summed E-state index contributed by atoms with van der Waals surface area (Å²) < 4.78 is 3.55. The Morgan fingerprint density at radius 2 is 2.29 bits per heavy atom. The van der Waals surface area contributed by atoms with Crippen LogP contribution in [0.3, 0.4) is 0 Å². The summed E-state index contributed by atoms with van der Waals surface area (Å²) in [5.41, 5.74) is 2.06. The molecule has 1 aliphatic rings. The van der Waals surface area contributed by atoms with Gasteiger partial charge in [0.2, 0.25) is 0 Å². The van der Waals surface area contributed by atoms with Crippen LogP contribution in [0.5, 0.6) is 0 Å². The van der Waals surface area contributed by atoms with Gasteiger partial charge in [-0.15, -0.1) is 5.10 Å². The second-order valence-corrected chi connectivity index (χ2v) is 4.58. The van der Waals surface area contributed by atoms with Crippen LogP contribution in [-0.4, -0.2) is 30.8 Å². The van der Waals surface area contributed by atoms with Gasteiger partial charge in [0.25, 0.3) is 0 Å². The smallest absolute Gasteiger partial charge is 0.177 e. The third-order valence-corrected chi connectivity index (χ3v) is 3.03. The summed E-state index contributed by atoms with van der Waals surface area (Å²) in [7, 11) is 1.92. The third-order valence-electron chi connectivity index (χ3n) is 3.03. The molecular formula is C11H16N6. The highest BCUT2D eigenvalue weighted by Gasteiger charge is 2.20. The maximum atomic E-state index is 4.36. The molecule has 3 rings (SSSR count). The zero-order valence-electron chi connectivity index (χ0n) is 10.1. The van der Waals surface area contributed by atoms with Crippen molar-refractivity contribution in [1.29, 1.82) is 0 Å². The zero-order valence-corrected chi connectivity index (χ0v) is 10.1. The van der Waals surface area contributed by atoms with E-state index >= 15 is 0 Å². The number of nitrogens with zero attached hydrogens (tertiary/aromatic N) is 5. The molecule has 1 aliphatic carbocycles. The predicted molar refractivity (Wildman–Crippen MR) is 62.7 cm³/mol. The Bertz CT molecular complexity index is 502. The summed E-state index contributed by atoms with van der Waals surface area (Å²) in [5, 5.41) is 16.0. The maximum Gasteiger partial charge on any atom is 0.177 e. The lowest BCUT2D eigenvalue weighted by molar-refractivity contribution is 0.670. The Morgan fingerprint density at radius 1 is 1.47 bits per heavy atom. The fourth-order valence-corrected chi connectivity index (χ4v) is 1.68. The Hall–Kier alpha value is -1.69. The molecule has 1 fully saturated rings. The van der Waals surface area contributed by atoms with Gasteiger partial charge in [-0.2, -0.15) is 5.10 Å². The molecule has 2 aromatic heterocycles. The van der Waals surface area contributed by atoms with Crippen molar-refractivity contribution in [3.05, 3.63) is 23.7 Å². The van der Waals surface area contributed by atoms with Gasteiger partial charge in [-0.3, -0.25) is 4.68 Å². The minimum Gasteiger partial charge on any atom is -0.308 e. The first kappa shape index (κ1) is 10.5. The molecule has 0 aliphatic heterocycles. The molecule has 0 bridgehead atoms. The Balaban J connectivity index is 1.74. The lowest BCUT2D eigenvalue weighted by Crippen LogP contribution is -2.15. The van der Waals surface area contributed by atoms with Crippen LogP contribution in [0.4, 0.5) is 0 Å². The van der Waals surface area contributed by atoms with Crippen LogP contribution in [0.25, 0.3) is 5.82 Å². The van der Waals surface area contributed by atoms with E-state index in [0.29, 0.717) is 6.04 Å². The van der Waals surface area contributed by atoms with Crippen LogP contribution in [0.2, 0.25) is 0 Å². The van der Waals surface area contributed by atoms with Gasteiger partial charge < -0.3 is 5.32 Å². The zero-order chi connectivity index (χ0) is 11.8. The van der Waals surface area contributed by atoms with E-state index in [9.17, 15) is 0 Å². The molecule has 0 unspecified atom stereocenters. The molecule has 0 saturated heterocycles. The van der Waals surface area contributed by atoms with Crippen molar-refractivity contribution in [2.75, 3.05) is 0 Å². The first-order valence-corrected chi connectivity index (χ1v) is 5.88. The van der Waals surface area contributed by atoms with Crippen LogP contribution in [0.1, 0.15) is 24.2 Å². The topological polar surface area (TPSA) is 60.6 Å². The molecule has 6 heteroatoms. The van der Waals surface area contributed by atoms with Gasteiger partial charge in [0, 0.05) is 31.4 Å². The van der Waals surface area contributed by atoms with Crippen molar-refractivity contribution >= 4 is 0 Å². The molecule has 2 aromatic rings. The summed E-state index contributed by atoms with van der Waals surface area (Å²) in [5.74, 6) is 0.815. The molecule has 1 saturated carbocycles. The van der Waals surface area contributed by atoms with E-state index in [4.69, 9.17) is 0 Å². The number of rotatable bonds is 4. The van der Waals surface area contributed by atoms with Gasteiger partial charge >= 0.3 is 0 Å². The summed E-state index contributed by atoms with van der Waals surface area (Å²) >= 11 is 0. The van der Waals surface area contributed by atoms with Gasteiger partial charge in [-0.25, -0.2) is 4.68 Å². The average Bonchev–Trinajstić information content (AvgIpc) is 2.92. The van der Waals surface area contributed by atoms with Gasteiger partial charge in [0.1, 0.15) is 0 Å². The van der Waals surface area contributed by atoms with E-state index in [-0.39, 0.29) is 0 Å². The first-order chi connectivity index (χ1) is 8.22. The average molecular weight is 232 g/mol. The van der Waals surface area contributed by atoms with Gasteiger partial charge in [0.15, 0.2) is 5.82 Å². The third kappa shape index (κ3) is 2.21. The van der Waals surface area contributed by atoms with Crippen LogP contribution in [0, 0.1) is 6.92 Å². The quantitative estimate of drug-likeness (QED) is 0.836. The molecule has 0 radical (unpaired) electrons. The highest BCUT2D eigenvalue weighted by Crippen LogP contribution is 2.19. The Labute approximate surface area is 99.6 Å². The van der Waals surface area contributed by atoms with Gasteiger partial charge in [-0.05, 0) is 19.8 Å². The minimum atomic E-state index is 0.692.